The number of rotatable bonds is 5. The van der Waals surface area contributed by atoms with Crippen molar-refractivity contribution in [3.8, 4) is 6.07 Å². The number of carbonyl (C=O) groups excluding carboxylic acids is 1. The van der Waals surface area contributed by atoms with E-state index in [9.17, 15) is 4.79 Å². The minimum Gasteiger partial charge on any atom is -0.449 e. The van der Waals surface area contributed by atoms with Crippen molar-refractivity contribution < 1.29 is 9.53 Å². The monoisotopic (exact) mass is 286 g/mol. The number of nitriles is 1. The van der Waals surface area contributed by atoms with Gasteiger partial charge in [0.15, 0.2) is 0 Å². The predicted octanol–water partition coefficient (Wildman–Crippen LogP) is 2.74. The maximum Gasteiger partial charge on any atom is 0.411 e. The fourth-order valence-electron chi connectivity index (χ4n) is 1.63. The van der Waals surface area contributed by atoms with Crippen molar-refractivity contribution in [1.29, 1.82) is 5.26 Å². The molecule has 0 heterocycles. The molecular weight excluding hydrogens is 268 g/mol. The van der Waals surface area contributed by atoms with E-state index in [1.807, 2.05) is 14.1 Å². The number of amides is 1. The Balaban J connectivity index is 2.00. The molecule has 2 rings (SSSR count). The number of aliphatic imine (C=N–C) groups is 1. The van der Waals surface area contributed by atoms with Crippen molar-refractivity contribution in [3.63, 3.8) is 0 Å². The lowest BCUT2D eigenvalue weighted by Gasteiger charge is -2.08. The Morgan fingerprint density at radius 1 is 1.57 bits per heavy atom. The average molecular weight is 286 g/mol. The third kappa shape index (κ3) is 4.80. The van der Waals surface area contributed by atoms with Crippen LogP contribution in [-0.2, 0) is 4.74 Å². The van der Waals surface area contributed by atoms with Gasteiger partial charge in [-0.3, -0.25) is 5.32 Å². The fraction of sp³-hybridized carbons (Fsp3) is 0.400. The Morgan fingerprint density at radius 3 is 2.95 bits per heavy atom. The molecule has 1 amide bonds. The second-order valence-electron chi connectivity index (χ2n) is 5.22. The number of hydrogen-bond donors (Lipinski definition) is 1. The average Bonchev–Trinajstić information content (AvgIpc) is 3.27. The maximum absolute atomic E-state index is 11.6. The smallest absolute Gasteiger partial charge is 0.411 e. The summed E-state index contributed by atoms with van der Waals surface area (Å²) in [6.07, 6.45) is 3.39. The number of benzene rings is 1. The molecule has 0 spiro atoms. The van der Waals surface area contributed by atoms with E-state index in [1.165, 1.54) is 0 Å². The summed E-state index contributed by atoms with van der Waals surface area (Å²) in [6, 6.07) is 7.04. The summed E-state index contributed by atoms with van der Waals surface area (Å²) in [4.78, 5) is 17.6. The summed E-state index contributed by atoms with van der Waals surface area (Å²) in [5.41, 5.74) is 1.48. The first-order chi connectivity index (χ1) is 10.1. The molecule has 1 saturated carbocycles. The number of nitrogens with zero attached hydrogens (tertiary/aromatic N) is 3. The molecular formula is C15H18N4O2. The summed E-state index contributed by atoms with van der Waals surface area (Å²) in [5.74, 6) is 0.521. The summed E-state index contributed by atoms with van der Waals surface area (Å²) in [7, 11) is 3.70. The van der Waals surface area contributed by atoms with E-state index in [-0.39, 0.29) is 0 Å². The number of nitrogens with one attached hydrogen (secondary N) is 1. The molecule has 0 aromatic heterocycles. The van der Waals surface area contributed by atoms with Crippen LogP contribution < -0.4 is 5.32 Å². The van der Waals surface area contributed by atoms with Crippen LogP contribution >= 0.6 is 0 Å². The zero-order valence-electron chi connectivity index (χ0n) is 12.2. The van der Waals surface area contributed by atoms with Gasteiger partial charge in [-0.15, -0.1) is 0 Å². The SMILES string of the molecule is CN(C)C=Nc1ccc(NC(=O)OCC2CC2)cc1C#N. The summed E-state index contributed by atoms with van der Waals surface area (Å²) in [5, 5.41) is 11.8. The number of ether oxygens (including phenoxy) is 1. The summed E-state index contributed by atoms with van der Waals surface area (Å²) >= 11 is 0. The molecule has 1 aliphatic rings. The number of hydrogen-bond acceptors (Lipinski definition) is 4. The predicted molar refractivity (Wildman–Crippen MR) is 80.7 cm³/mol. The van der Waals surface area contributed by atoms with Gasteiger partial charge in [-0.25, -0.2) is 9.79 Å². The van der Waals surface area contributed by atoms with Gasteiger partial charge in [0.05, 0.1) is 24.2 Å². The second-order valence-corrected chi connectivity index (χ2v) is 5.22. The van der Waals surface area contributed by atoms with Crippen LogP contribution in [-0.4, -0.2) is 38.0 Å². The van der Waals surface area contributed by atoms with Crippen molar-refractivity contribution >= 4 is 23.8 Å². The minimum atomic E-state index is -0.490. The van der Waals surface area contributed by atoms with Gasteiger partial charge in [0.1, 0.15) is 6.07 Å². The lowest BCUT2D eigenvalue weighted by Crippen LogP contribution is -2.15. The lowest BCUT2D eigenvalue weighted by atomic mass is 10.2. The topological polar surface area (TPSA) is 77.7 Å². The summed E-state index contributed by atoms with van der Waals surface area (Å²) < 4.78 is 5.08. The molecule has 1 aromatic carbocycles. The molecule has 1 N–H and O–H groups in total. The summed E-state index contributed by atoms with van der Waals surface area (Å²) in [6.45, 7) is 0.460. The minimum absolute atomic E-state index is 0.396. The van der Waals surface area contributed by atoms with Crippen molar-refractivity contribution in [2.24, 2.45) is 10.9 Å². The van der Waals surface area contributed by atoms with Crippen LogP contribution in [0, 0.1) is 17.2 Å². The first-order valence-electron chi connectivity index (χ1n) is 6.77. The molecule has 110 valence electrons. The van der Waals surface area contributed by atoms with E-state index >= 15 is 0 Å². The Bertz CT molecular complexity index is 586. The molecule has 0 bridgehead atoms. The molecule has 0 atom stereocenters. The molecule has 0 aliphatic heterocycles. The highest BCUT2D eigenvalue weighted by Crippen LogP contribution is 2.29. The quantitative estimate of drug-likeness (QED) is 0.667. The van der Waals surface area contributed by atoms with Crippen molar-refractivity contribution in [1.82, 2.24) is 4.90 Å². The van der Waals surface area contributed by atoms with Gasteiger partial charge in [0.2, 0.25) is 0 Å². The Morgan fingerprint density at radius 2 is 2.33 bits per heavy atom. The van der Waals surface area contributed by atoms with Crippen LogP contribution in [0.2, 0.25) is 0 Å². The number of anilines is 1. The van der Waals surface area contributed by atoms with Crippen molar-refractivity contribution in [2.45, 2.75) is 12.8 Å². The van der Waals surface area contributed by atoms with Crippen LogP contribution in [0.4, 0.5) is 16.2 Å². The lowest BCUT2D eigenvalue weighted by molar-refractivity contribution is 0.156. The van der Waals surface area contributed by atoms with E-state index in [4.69, 9.17) is 10.00 Å². The zero-order chi connectivity index (χ0) is 15.2. The van der Waals surface area contributed by atoms with Gasteiger partial charge in [-0.1, -0.05) is 0 Å². The molecule has 21 heavy (non-hydrogen) atoms. The molecule has 0 radical (unpaired) electrons. The molecule has 0 saturated heterocycles. The standard InChI is InChI=1S/C15H18N4O2/c1-19(2)10-17-14-6-5-13(7-12(14)8-16)18-15(20)21-9-11-3-4-11/h5-7,10-11H,3-4,9H2,1-2H3,(H,18,20). The zero-order valence-corrected chi connectivity index (χ0v) is 12.2. The first kappa shape index (κ1) is 14.9. The normalized spacial score (nSPS) is 13.8. The Kier molecular flexibility index (Phi) is 4.77. The molecule has 6 nitrogen and oxygen atoms in total. The molecule has 6 heteroatoms. The van der Waals surface area contributed by atoms with Crippen molar-refractivity contribution in [2.75, 3.05) is 26.0 Å². The number of carbonyl (C=O) groups is 1. The molecule has 1 aliphatic carbocycles. The largest absolute Gasteiger partial charge is 0.449 e. The van der Waals surface area contributed by atoms with Crippen LogP contribution in [0.1, 0.15) is 18.4 Å². The molecule has 1 fully saturated rings. The maximum atomic E-state index is 11.6. The third-order valence-corrected chi connectivity index (χ3v) is 2.94. The Labute approximate surface area is 124 Å². The van der Waals surface area contributed by atoms with Crippen LogP contribution in [0.3, 0.4) is 0 Å². The van der Waals surface area contributed by atoms with Gasteiger partial charge in [0.25, 0.3) is 0 Å². The van der Waals surface area contributed by atoms with E-state index in [2.05, 4.69) is 16.4 Å². The van der Waals surface area contributed by atoms with E-state index in [1.54, 1.807) is 29.4 Å². The highest BCUT2D eigenvalue weighted by molar-refractivity contribution is 5.85. The van der Waals surface area contributed by atoms with E-state index in [0.29, 0.717) is 29.5 Å². The molecule has 1 aromatic rings. The van der Waals surface area contributed by atoms with Crippen LogP contribution in [0.25, 0.3) is 0 Å². The highest BCUT2D eigenvalue weighted by Gasteiger charge is 2.23. The van der Waals surface area contributed by atoms with Gasteiger partial charge in [-0.2, -0.15) is 5.26 Å². The highest BCUT2D eigenvalue weighted by atomic mass is 16.5. The third-order valence-electron chi connectivity index (χ3n) is 2.94. The van der Waals surface area contributed by atoms with Crippen molar-refractivity contribution in [3.05, 3.63) is 23.8 Å². The van der Waals surface area contributed by atoms with E-state index in [0.717, 1.165) is 12.8 Å². The van der Waals surface area contributed by atoms with Gasteiger partial charge >= 0.3 is 6.09 Å². The second kappa shape index (κ2) is 6.75. The fourth-order valence-corrected chi connectivity index (χ4v) is 1.63. The Hall–Kier alpha value is -2.55. The van der Waals surface area contributed by atoms with Crippen LogP contribution in [0.5, 0.6) is 0 Å². The van der Waals surface area contributed by atoms with Crippen LogP contribution in [0.15, 0.2) is 23.2 Å². The van der Waals surface area contributed by atoms with E-state index < -0.39 is 6.09 Å². The van der Waals surface area contributed by atoms with Gasteiger partial charge < -0.3 is 9.64 Å². The first-order valence-corrected chi connectivity index (χ1v) is 6.77. The van der Waals surface area contributed by atoms with Gasteiger partial charge in [-0.05, 0) is 37.0 Å². The van der Waals surface area contributed by atoms with Gasteiger partial charge in [0, 0.05) is 19.8 Å². The molecule has 0 unspecified atom stereocenters.